The number of carboxylic acid groups (broad SMARTS) is 1. The van der Waals surface area contributed by atoms with E-state index in [0.717, 1.165) is 0 Å². The molecule has 3 aliphatic heterocycles. The molecule has 2 fully saturated rings. The van der Waals surface area contributed by atoms with Crippen molar-refractivity contribution in [3.8, 4) is 0 Å². The van der Waals surface area contributed by atoms with Crippen LogP contribution in [0.1, 0.15) is 20.3 Å². The van der Waals surface area contributed by atoms with Gasteiger partial charge in [0, 0.05) is 36.7 Å². The second-order valence-electron chi connectivity index (χ2n) is 7.44. The number of rotatable bonds is 5. The van der Waals surface area contributed by atoms with E-state index >= 15 is 0 Å². The largest absolute Gasteiger partial charge is 0.477 e. The number of aliphatic hydroxyl groups is 1. The number of β-lactam (4-membered cyclic amide) rings is 1. The summed E-state index contributed by atoms with van der Waals surface area (Å²) in [5, 5.41) is 22.8. The summed E-state index contributed by atoms with van der Waals surface area (Å²) in [6, 6.07) is -0.568. The number of amides is 2. The molecule has 2 amide bonds. The van der Waals surface area contributed by atoms with Crippen LogP contribution in [0.5, 0.6) is 0 Å². The molecule has 26 heavy (non-hydrogen) atoms. The quantitative estimate of drug-likeness (QED) is 0.559. The second kappa shape index (κ2) is 6.86. The number of aliphatic hydroxyl groups excluding tert-OH is 1. The normalized spacial score (nSPS) is 34.6. The lowest BCUT2D eigenvalue weighted by molar-refractivity contribution is -0.163. The number of likely N-dealkylation sites (N-methyl/N-ethyl adjacent to an activating group) is 1. The molecule has 3 aliphatic rings. The van der Waals surface area contributed by atoms with Crippen molar-refractivity contribution in [2.24, 2.45) is 11.8 Å². The Labute approximate surface area is 156 Å². The Morgan fingerprint density at radius 3 is 2.58 bits per heavy atom. The maximum Gasteiger partial charge on any atom is 0.353 e. The highest BCUT2D eigenvalue weighted by Gasteiger charge is 2.60. The van der Waals surface area contributed by atoms with Crippen molar-refractivity contribution in [3.63, 3.8) is 0 Å². The molecule has 3 N–H and O–H groups in total. The Bertz CT molecular complexity index is 677. The SMILES string of the molecule is C[C@@H]1C(S[C@H]2CN[C@@H](C(=O)N(C)C)C2)=C(C(=O)O)N2C(=O)[C@@H]([C@@H](C)O)[C@@H]12. The number of nitrogens with one attached hydrogen (secondary N) is 1. The van der Waals surface area contributed by atoms with Crippen molar-refractivity contribution in [1.29, 1.82) is 0 Å². The maximum atomic E-state index is 12.3. The van der Waals surface area contributed by atoms with E-state index in [-0.39, 0.29) is 40.8 Å². The zero-order valence-electron chi connectivity index (χ0n) is 15.3. The topological polar surface area (TPSA) is 110 Å². The van der Waals surface area contributed by atoms with Gasteiger partial charge in [0.05, 0.1) is 24.1 Å². The molecule has 0 radical (unpaired) electrons. The predicted octanol–water partition coefficient (Wildman–Crippen LogP) is -0.308. The lowest BCUT2D eigenvalue weighted by Crippen LogP contribution is -2.63. The van der Waals surface area contributed by atoms with Crippen molar-refractivity contribution in [3.05, 3.63) is 10.6 Å². The molecular weight excluding hydrogens is 358 g/mol. The van der Waals surface area contributed by atoms with Crippen molar-refractivity contribution in [2.45, 2.75) is 43.7 Å². The lowest BCUT2D eigenvalue weighted by atomic mass is 9.79. The Hall–Kier alpha value is -1.58. The first-order valence-corrected chi connectivity index (χ1v) is 9.62. The van der Waals surface area contributed by atoms with Gasteiger partial charge in [0.1, 0.15) is 5.70 Å². The fraction of sp³-hybridized carbons (Fsp3) is 0.706. The molecule has 144 valence electrons. The molecule has 0 aliphatic carbocycles. The molecule has 0 saturated carbocycles. The first-order valence-electron chi connectivity index (χ1n) is 8.75. The van der Waals surface area contributed by atoms with Crippen LogP contribution in [0.15, 0.2) is 10.6 Å². The van der Waals surface area contributed by atoms with Crippen LogP contribution in [0.2, 0.25) is 0 Å². The predicted molar refractivity (Wildman–Crippen MR) is 96.1 cm³/mol. The molecule has 0 aromatic carbocycles. The van der Waals surface area contributed by atoms with Gasteiger partial charge in [-0.25, -0.2) is 4.79 Å². The van der Waals surface area contributed by atoms with Crippen molar-refractivity contribution in [2.75, 3.05) is 20.6 Å². The number of carbonyl (C=O) groups is 3. The zero-order valence-corrected chi connectivity index (χ0v) is 16.1. The van der Waals surface area contributed by atoms with E-state index in [9.17, 15) is 24.6 Å². The zero-order chi connectivity index (χ0) is 19.3. The number of carbonyl (C=O) groups excluding carboxylic acids is 2. The van der Waals surface area contributed by atoms with Gasteiger partial charge in [0.15, 0.2) is 0 Å². The highest BCUT2D eigenvalue weighted by Crippen LogP contribution is 2.51. The third-order valence-electron chi connectivity index (χ3n) is 5.43. The molecule has 0 aromatic rings. The van der Waals surface area contributed by atoms with Crippen LogP contribution < -0.4 is 5.32 Å². The van der Waals surface area contributed by atoms with Crippen LogP contribution in [0.3, 0.4) is 0 Å². The first-order chi connectivity index (χ1) is 12.1. The average Bonchev–Trinajstić information content (AvgIpc) is 3.09. The van der Waals surface area contributed by atoms with E-state index in [1.807, 2.05) is 6.92 Å². The Morgan fingerprint density at radius 2 is 2.04 bits per heavy atom. The van der Waals surface area contributed by atoms with Gasteiger partial charge < -0.3 is 25.3 Å². The summed E-state index contributed by atoms with van der Waals surface area (Å²) in [5.74, 6) is -2.14. The Balaban J connectivity index is 1.78. The van der Waals surface area contributed by atoms with Crippen LogP contribution in [0.25, 0.3) is 0 Å². The smallest absolute Gasteiger partial charge is 0.353 e. The molecule has 0 aromatic heterocycles. The number of aliphatic carboxylic acids is 1. The van der Waals surface area contributed by atoms with Crippen LogP contribution in [0.4, 0.5) is 0 Å². The summed E-state index contributed by atoms with van der Waals surface area (Å²) < 4.78 is 0. The molecular formula is C17H25N3O5S. The number of fused-ring (bicyclic) bond motifs is 1. The highest BCUT2D eigenvalue weighted by molar-refractivity contribution is 8.03. The van der Waals surface area contributed by atoms with Crippen molar-refractivity contribution in [1.82, 2.24) is 15.1 Å². The van der Waals surface area contributed by atoms with Crippen molar-refractivity contribution < 1.29 is 24.6 Å². The molecule has 0 spiro atoms. The van der Waals surface area contributed by atoms with Gasteiger partial charge in [0.2, 0.25) is 11.8 Å². The summed E-state index contributed by atoms with van der Waals surface area (Å²) in [6.45, 7) is 4.08. The van der Waals surface area contributed by atoms with Crippen molar-refractivity contribution >= 4 is 29.5 Å². The van der Waals surface area contributed by atoms with Gasteiger partial charge in [-0.15, -0.1) is 11.8 Å². The number of thioether (sulfide) groups is 1. The molecule has 3 rings (SSSR count). The summed E-state index contributed by atoms with van der Waals surface area (Å²) in [5.41, 5.74) is 0.0387. The number of carboxylic acids is 1. The number of hydrogen-bond acceptors (Lipinski definition) is 6. The van der Waals surface area contributed by atoms with E-state index in [1.54, 1.807) is 25.9 Å². The minimum absolute atomic E-state index is 0.00757. The summed E-state index contributed by atoms with van der Waals surface area (Å²) >= 11 is 1.45. The molecule has 8 nitrogen and oxygen atoms in total. The summed E-state index contributed by atoms with van der Waals surface area (Å²) in [7, 11) is 3.42. The van der Waals surface area contributed by atoms with Crippen LogP contribution in [-0.4, -0.2) is 81.9 Å². The van der Waals surface area contributed by atoms with E-state index in [2.05, 4.69) is 5.32 Å². The molecule has 3 heterocycles. The van der Waals surface area contributed by atoms with E-state index in [1.165, 1.54) is 16.7 Å². The average molecular weight is 383 g/mol. The molecule has 0 bridgehead atoms. The lowest BCUT2D eigenvalue weighted by Gasteiger charge is -2.46. The minimum atomic E-state index is -1.12. The van der Waals surface area contributed by atoms with E-state index < -0.39 is 18.0 Å². The van der Waals surface area contributed by atoms with E-state index in [0.29, 0.717) is 17.9 Å². The standard InChI is InChI=1S/C17H25N3O5S/c1-7-12-11(8(2)21)16(23)20(12)13(17(24)25)14(7)26-9-5-10(18-6-9)15(22)19(3)4/h7-12,18,21H,5-6H2,1-4H3,(H,24,25)/t7-,8+,9+,10+,11-,12+/m0/s1. The Kier molecular flexibility index (Phi) is 5.06. The molecule has 0 unspecified atom stereocenters. The fourth-order valence-electron chi connectivity index (χ4n) is 4.15. The van der Waals surface area contributed by atoms with Gasteiger partial charge in [-0.05, 0) is 13.3 Å². The highest BCUT2D eigenvalue weighted by atomic mass is 32.2. The Morgan fingerprint density at radius 1 is 1.38 bits per heavy atom. The minimum Gasteiger partial charge on any atom is -0.477 e. The number of hydrogen-bond donors (Lipinski definition) is 3. The molecule has 2 saturated heterocycles. The van der Waals surface area contributed by atoms with Crippen LogP contribution >= 0.6 is 11.8 Å². The maximum absolute atomic E-state index is 12.3. The van der Waals surface area contributed by atoms with Crippen LogP contribution in [0, 0.1) is 11.8 Å². The monoisotopic (exact) mass is 383 g/mol. The van der Waals surface area contributed by atoms with Gasteiger partial charge in [-0.3, -0.25) is 9.59 Å². The third kappa shape index (κ3) is 2.91. The van der Waals surface area contributed by atoms with Gasteiger partial charge in [-0.2, -0.15) is 0 Å². The second-order valence-corrected chi connectivity index (χ2v) is 8.78. The van der Waals surface area contributed by atoms with Gasteiger partial charge in [0.25, 0.3) is 0 Å². The molecule has 6 atom stereocenters. The fourth-order valence-corrected chi connectivity index (χ4v) is 5.63. The van der Waals surface area contributed by atoms with Crippen LogP contribution in [-0.2, 0) is 14.4 Å². The third-order valence-corrected chi connectivity index (χ3v) is 6.95. The first kappa shape index (κ1) is 19.2. The molecule has 9 heteroatoms. The van der Waals surface area contributed by atoms with Gasteiger partial charge >= 0.3 is 5.97 Å². The number of nitrogens with zero attached hydrogens (tertiary/aromatic N) is 2. The summed E-state index contributed by atoms with van der Waals surface area (Å²) in [6.07, 6.45) is -0.190. The van der Waals surface area contributed by atoms with Gasteiger partial charge in [-0.1, -0.05) is 6.92 Å². The summed E-state index contributed by atoms with van der Waals surface area (Å²) in [4.78, 5) is 39.8. The van der Waals surface area contributed by atoms with E-state index in [4.69, 9.17) is 0 Å².